The van der Waals surface area contributed by atoms with Crippen LogP contribution in [0.2, 0.25) is 10.0 Å². The molecular formula is C13H15Cl2NO4. The van der Waals surface area contributed by atoms with Gasteiger partial charge in [-0.3, -0.25) is 4.79 Å². The Morgan fingerprint density at radius 1 is 1.35 bits per heavy atom. The van der Waals surface area contributed by atoms with Crippen LogP contribution >= 0.6 is 23.2 Å². The highest BCUT2D eigenvalue weighted by molar-refractivity contribution is 6.37. The van der Waals surface area contributed by atoms with Crippen LogP contribution in [0.1, 0.15) is 30.1 Å². The first-order valence-corrected chi connectivity index (χ1v) is 6.73. The van der Waals surface area contributed by atoms with Gasteiger partial charge < -0.3 is 15.2 Å². The molecule has 0 radical (unpaired) electrons. The maximum absolute atomic E-state index is 12.0. The van der Waals surface area contributed by atoms with E-state index in [2.05, 4.69) is 5.32 Å². The van der Waals surface area contributed by atoms with Gasteiger partial charge in [-0.2, -0.15) is 0 Å². The Morgan fingerprint density at radius 3 is 2.30 bits per heavy atom. The van der Waals surface area contributed by atoms with Gasteiger partial charge in [0.05, 0.1) is 17.2 Å². The van der Waals surface area contributed by atoms with Gasteiger partial charge in [0.1, 0.15) is 6.04 Å². The molecule has 0 bridgehead atoms. The molecule has 0 fully saturated rings. The van der Waals surface area contributed by atoms with Gasteiger partial charge in [-0.05, 0) is 18.6 Å². The number of aliphatic carboxylic acids is 1. The molecule has 0 aromatic heterocycles. The standard InChI is InChI=1S/C13H15Cl2NO4/c1-3-4-10(13(18)19)16-12(17)7-5-8(14)11(20-2)9(15)6-7/h5-6,10H,3-4H2,1-2H3,(H,16,17)(H,18,19)/t10-/m0/s1. The zero-order chi connectivity index (χ0) is 15.3. The number of halogens is 2. The number of hydrogen-bond acceptors (Lipinski definition) is 3. The molecule has 20 heavy (non-hydrogen) atoms. The maximum atomic E-state index is 12.0. The Labute approximate surface area is 126 Å². The van der Waals surface area contributed by atoms with Crippen molar-refractivity contribution in [2.75, 3.05) is 7.11 Å². The predicted octanol–water partition coefficient (Wildman–Crippen LogP) is 2.99. The number of nitrogens with one attached hydrogen (secondary N) is 1. The summed E-state index contributed by atoms with van der Waals surface area (Å²) >= 11 is 11.9. The van der Waals surface area contributed by atoms with Gasteiger partial charge in [-0.15, -0.1) is 0 Å². The number of carbonyl (C=O) groups is 2. The van der Waals surface area contributed by atoms with Crippen LogP contribution in [0.4, 0.5) is 0 Å². The minimum Gasteiger partial charge on any atom is -0.494 e. The lowest BCUT2D eigenvalue weighted by molar-refractivity contribution is -0.139. The summed E-state index contributed by atoms with van der Waals surface area (Å²) in [5.74, 6) is -1.35. The zero-order valence-electron chi connectivity index (χ0n) is 11.1. The van der Waals surface area contributed by atoms with E-state index in [1.165, 1.54) is 19.2 Å². The summed E-state index contributed by atoms with van der Waals surface area (Å²) < 4.78 is 4.98. The topological polar surface area (TPSA) is 75.6 Å². The number of rotatable bonds is 6. The zero-order valence-corrected chi connectivity index (χ0v) is 12.6. The third kappa shape index (κ3) is 4.02. The van der Waals surface area contributed by atoms with Crippen LogP contribution in [0.15, 0.2) is 12.1 Å². The Kier molecular flexibility index (Phi) is 6.10. The predicted molar refractivity (Wildman–Crippen MR) is 76.8 cm³/mol. The highest BCUT2D eigenvalue weighted by Crippen LogP contribution is 2.33. The Bertz CT molecular complexity index is 496. The van der Waals surface area contributed by atoms with Gasteiger partial charge in [0, 0.05) is 5.56 Å². The molecule has 5 nitrogen and oxygen atoms in total. The second-order valence-electron chi connectivity index (χ2n) is 4.13. The van der Waals surface area contributed by atoms with Crippen LogP contribution in [0, 0.1) is 0 Å². The van der Waals surface area contributed by atoms with Crippen LogP contribution in [0.5, 0.6) is 5.75 Å². The van der Waals surface area contributed by atoms with Gasteiger partial charge >= 0.3 is 5.97 Å². The summed E-state index contributed by atoms with van der Waals surface area (Å²) in [6.07, 6.45) is 0.986. The van der Waals surface area contributed by atoms with Gasteiger partial charge in [0.25, 0.3) is 5.91 Å². The van der Waals surface area contributed by atoms with Crippen LogP contribution in [0.25, 0.3) is 0 Å². The first-order chi connectivity index (χ1) is 9.40. The summed E-state index contributed by atoms with van der Waals surface area (Å²) in [5.41, 5.74) is 0.183. The van der Waals surface area contributed by atoms with E-state index in [9.17, 15) is 9.59 Å². The molecule has 110 valence electrons. The van der Waals surface area contributed by atoms with Crippen molar-refractivity contribution in [2.24, 2.45) is 0 Å². The average Bonchev–Trinajstić information content (AvgIpc) is 2.37. The minimum absolute atomic E-state index is 0.183. The molecule has 0 aliphatic rings. The number of methoxy groups -OCH3 is 1. The first kappa shape index (κ1) is 16.6. The van der Waals surface area contributed by atoms with Crippen LogP contribution in [-0.4, -0.2) is 30.1 Å². The number of ether oxygens (including phenoxy) is 1. The van der Waals surface area contributed by atoms with Gasteiger partial charge in [0.15, 0.2) is 5.75 Å². The fraction of sp³-hybridized carbons (Fsp3) is 0.385. The van der Waals surface area contributed by atoms with E-state index >= 15 is 0 Å². The van der Waals surface area contributed by atoms with Crippen LogP contribution < -0.4 is 10.1 Å². The molecule has 1 atom stereocenters. The molecular weight excluding hydrogens is 305 g/mol. The first-order valence-electron chi connectivity index (χ1n) is 5.97. The summed E-state index contributed by atoms with van der Waals surface area (Å²) in [6.45, 7) is 1.84. The quantitative estimate of drug-likeness (QED) is 0.845. The van der Waals surface area contributed by atoms with E-state index < -0.39 is 17.9 Å². The average molecular weight is 320 g/mol. The number of hydrogen-bond donors (Lipinski definition) is 2. The highest BCUT2D eigenvalue weighted by atomic mass is 35.5. The van der Waals surface area contributed by atoms with E-state index in [1.807, 2.05) is 6.92 Å². The smallest absolute Gasteiger partial charge is 0.326 e. The molecule has 1 aromatic rings. The van der Waals surface area contributed by atoms with Crippen molar-refractivity contribution in [3.63, 3.8) is 0 Å². The molecule has 1 aromatic carbocycles. The molecule has 0 aliphatic heterocycles. The molecule has 0 heterocycles. The third-order valence-corrected chi connectivity index (χ3v) is 3.21. The molecule has 1 amide bonds. The SMILES string of the molecule is CCC[C@H](NC(=O)c1cc(Cl)c(OC)c(Cl)c1)C(=O)O. The largest absolute Gasteiger partial charge is 0.494 e. The molecule has 0 unspecified atom stereocenters. The number of benzene rings is 1. The van der Waals surface area contributed by atoms with E-state index in [0.717, 1.165) is 0 Å². The lowest BCUT2D eigenvalue weighted by atomic mass is 10.1. The number of amides is 1. The van der Waals surface area contributed by atoms with Crippen molar-refractivity contribution in [3.05, 3.63) is 27.7 Å². The second kappa shape index (κ2) is 7.36. The number of carbonyl (C=O) groups excluding carboxylic acids is 1. The van der Waals surface area contributed by atoms with E-state index in [0.29, 0.717) is 12.8 Å². The van der Waals surface area contributed by atoms with Crippen molar-refractivity contribution >= 4 is 35.1 Å². The van der Waals surface area contributed by atoms with E-state index in [1.54, 1.807) is 0 Å². The summed E-state index contributed by atoms with van der Waals surface area (Å²) in [7, 11) is 1.41. The molecule has 0 saturated heterocycles. The van der Waals surface area contributed by atoms with Crippen molar-refractivity contribution in [1.82, 2.24) is 5.32 Å². The van der Waals surface area contributed by atoms with E-state index in [4.69, 9.17) is 33.0 Å². The van der Waals surface area contributed by atoms with E-state index in [-0.39, 0.29) is 21.4 Å². The lowest BCUT2D eigenvalue weighted by Gasteiger charge is -2.14. The molecule has 0 spiro atoms. The molecule has 2 N–H and O–H groups in total. The Morgan fingerprint density at radius 2 is 1.90 bits per heavy atom. The van der Waals surface area contributed by atoms with Gasteiger partial charge in [-0.1, -0.05) is 36.5 Å². The van der Waals surface area contributed by atoms with Crippen molar-refractivity contribution in [1.29, 1.82) is 0 Å². The van der Waals surface area contributed by atoms with Gasteiger partial charge in [-0.25, -0.2) is 4.79 Å². The molecule has 0 saturated carbocycles. The number of carboxylic acids is 1. The molecule has 0 aliphatic carbocycles. The molecule has 7 heteroatoms. The normalized spacial score (nSPS) is 11.8. The number of carboxylic acid groups (broad SMARTS) is 1. The Hall–Kier alpha value is -1.46. The molecule has 1 rings (SSSR count). The summed E-state index contributed by atoms with van der Waals surface area (Å²) in [6, 6.07) is 1.82. The fourth-order valence-electron chi connectivity index (χ4n) is 1.67. The monoisotopic (exact) mass is 319 g/mol. The van der Waals surface area contributed by atoms with Crippen molar-refractivity contribution < 1.29 is 19.4 Å². The van der Waals surface area contributed by atoms with Crippen molar-refractivity contribution in [3.8, 4) is 5.75 Å². The lowest BCUT2D eigenvalue weighted by Crippen LogP contribution is -2.40. The maximum Gasteiger partial charge on any atom is 0.326 e. The Balaban J connectivity index is 2.95. The minimum atomic E-state index is -1.08. The summed E-state index contributed by atoms with van der Waals surface area (Å²) in [5, 5.41) is 11.8. The highest BCUT2D eigenvalue weighted by Gasteiger charge is 2.21. The van der Waals surface area contributed by atoms with Crippen molar-refractivity contribution in [2.45, 2.75) is 25.8 Å². The summed E-state index contributed by atoms with van der Waals surface area (Å²) in [4.78, 5) is 23.0. The fourth-order valence-corrected chi connectivity index (χ4v) is 2.31. The van der Waals surface area contributed by atoms with Crippen LogP contribution in [-0.2, 0) is 4.79 Å². The third-order valence-electron chi connectivity index (χ3n) is 2.65. The second-order valence-corrected chi connectivity index (χ2v) is 4.94. The van der Waals surface area contributed by atoms with Gasteiger partial charge in [0.2, 0.25) is 0 Å². The van der Waals surface area contributed by atoms with Crippen LogP contribution in [0.3, 0.4) is 0 Å².